The molecule has 0 aromatic heterocycles. The van der Waals surface area contributed by atoms with Gasteiger partial charge in [-0.05, 0) is 32.2 Å². The monoisotopic (exact) mass is 231 g/mol. The van der Waals surface area contributed by atoms with Gasteiger partial charge in [-0.15, -0.1) is 0 Å². The van der Waals surface area contributed by atoms with Crippen LogP contribution in [0.4, 0.5) is 0 Å². The van der Waals surface area contributed by atoms with E-state index in [9.17, 15) is 0 Å². The van der Waals surface area contributed by atoms with E-state index in [1.165, 1.54) is 19.3 Å². The van der Waals surface area contributed by atoms with Gasteiger partial charge >= 0.3 is 0 Å². The highest BCUT2D eigenvalue weighted by Gasteiger charge is 2.06. The summed E-state index contributed by atoms with van der Waals surface area (Å²) in [6.45, 7) is 8.04. The van der Waals surface area contributed by atoms with Gasteiger partial charge in [-0.2, -0.15) is 0 Å². The summed E-state index contributed by atoms with van der Waals surface area (Å²) in [7, 11) is 1.76. The Hall–Kier alpha value is -0.120. The molecule has 0 amide bonds. The first-order valence-electron chi connectivity index (χ1n) is 6.65. The van der Waals surface area contributed by atoms with Crippen molar-refractivity contribution in [3.8, 4) is 0 Å². The zero-order valence-corrected chi connectivity index (χ0v) is 11.3. The Balaban J connectivity index is 3.36. The summed E-state index contributed by atoms with van der Waals surface area (Å²) in [5, 5.41) is 3.49. The molecule has 0 radical (unpaired) electrons. The van der Waals surface area contributed by atoms with Gasteiger partial charge in [0.05, 0.1) is 6.61 Å². The lowest BCUT2D eigenvalue weighted by Crippen LogP contribution is -2.34. The standard InChI is InChI=1S/C13H29NO2/c1-4-6-10-16-11-7-8-13(12-15-3)14-9-5-2/h13-14H,4-12H2,1-3H3. The second-order valence-electron chi connectivity index (χ2n) is 4.21. The Morgan fingerprint density at radius 2 is 1.81 bits per heavy atom. The molecule has 0 aliphatic heterocycles. The zero-order valence-electron chi connectivity index (χ0n) is 11.3. The Bertz CT molecular complexity index is 131. The topological polar surface area (TPSA) is 30.5 Å². The molecule has 0 saturated carbocycles. The van der Waals surface area contributed by atoms with Crippen LogP contribution in [0.5, 0.6) is 0 Å². The maximum Gasteiger partial charge on any atom is 0.0615 e. The number of unbranched alkanes of at least 4 members (excludes halogenated alkanes) is 1. The summed E-state index contributed by atoms with van der Waals surface area (Å²) >= 11 is 0. The first-order valence-corrected chi connectivity index (χ1v) is 6.65. The summed E-state index contributed by atoms with van der Waals surface area (Å²) in [5.41, 5.74) is 0. The minimum atomic E-state index is 0.486. The van der Waals surface area contributed by atoms with Crippen molar-refractivity contribution in [2.45, 2.75) is 52.0 Å². The van der Waals surface area contributed by atoms with Crippen molar-refractivity contribution in [3.05, 3.63) is 0 Å². The molecule has 3 nitrogen and oxygen atoms in total. The zero-order chi connectivity index (χ0) is 12.1. The number of hydrogen-bond acceptors (Lipinski definition) is 3. The van der Waals surface area contributed by atoms with E-state index in [4.69, 9.17) is 9.47 Å². The largest absolute Gasteiger partial charge is 0.383 e. The van der Waals surface area contributed by atoms with E-state index in [0.717, 1.165) is 39.2 Å². The van der Waals surface area contributed by atoms with Gasteiger partial charge in [0, 0.05) is 26.4 Å². The molecule has 0 saturated heterocycles. The minimum Gasteiger partial charge on any atom is -0.383 e. The van der Waals surface area contributed by atoms with Crippen molar-refractivity contribution in [1.29, 1.82) is 0 Å². The number of nitrogens with one attached hydrogen (secondary N) is 1. The molecule has 16 heavy (non-hydrogen) atoms. The first-order chi connectivity index (χ1) is 7.85. The van der Waals surface area contributed by atoms with Crippen LogP contribution in [-0.4, -0.2) is 39.5 Å². The van der Waals surface area contributed by atoms with Crippen LogP contribution in [-0.2, 0) is 9.47 Å². The lowest BCUT2D eigenvalue weighted by Gasteiger charge is -2.17. The highest BCUT2D eigenvalue weighted by Crippen LogP contribution is 2.00. The van der Waals surface area contributed by atoms with Gasteiger partial charge in [0.2, 0.25) is 0 Å². The molecular weight excluding hydrogens is 202 g/mol. The van der Waals surface area contributed by atoms with Crippen LogP contribution >= 0.6 is 0 Å². The van der Waals surface area contributed by atoms with E-state index in [-0.39, 0.29) is 0 Å². The fourth-order valence-corrected chi connectivity index (χ4v) is 1.57. The molecule has 0 aromatic rings. The van der Waals surface area contributed by atoms with E-state index in [0.29, 0.717) is 6.04 Å². The molecule has 3 heteroatoms. The van der Waals surface area contributed by atoms with Crippen molar-refractivity contribution in [2.75, 3.05) is 33.5 Å². The molecule has 0 rings (SSSR count). The molecule has 0 spiro atoms. The molecule has 1 N–H and O–H groups in total. The second-order valence-corrected chi connectivity index (χ2v) is 4.21. The van der Waals surface area contributed by atoms with Crippen LogP contribution in [0.25, 0.3) is 0 Å². The Kier molecular flexibility index (Phi) is 12.9. The average Bonchev–Trinajstić information content (AvgIpc) is 2.30. The van der Waals surface area contributed by atoms with Crippen molar-refractivity contribution in [3.63, 3.8) is 0 Å². The Labute approximate surface area is 101 Å². The number of methoxy groups -OCH3 is 1. The van der Waals surface area contributed by atoms with Crippen molar-refractivity contribution < 1.29 is 9.47 Å². The summed E-state index contributed by atoms with van der Waals surface area (Å²) in [6, 6.07) is 0.486. The number of hydrogen-bond donors (Lipinski definition) is 1. The average molecular weight is 231 g/mol. The highest BCUT2D eigenvalue weighted by atomic mass is 16.5. The van der Waals surface area contributed by atoms with E-state index in [1.807, 2.05) is 0 Å². The Morgan fingerprint density at radius 1 is 1.06 bits per heavy atom. The fraction of sp³-hybridized carbons (Fsp3) is 1.00. The molecule has 98 valence electrons. The molecule has 0 bridgehead atoms. The summed E-state index contributed by atoms with van der Waals surface area (Å²) in [6.07, 6.45) is 5.82. The minimum absolute atomic E-state index is 0.486. The van der Waals surface area contributed by atoms with Crippen LogP contribution in [0.1, 0.15) is 46.0 Å². The van der Waals surface area contributed by atoms with Crippen LogP contribution in [0.2, 0.25) is 0 Å². The number of ether oxygens (including phenoxy) is 2. The van der Waals surface area contributed by atoms with Gasteiger partial charge in [0.25, 0.3) is 0 Å². The van der Waals surface area contributed by atoms with Crippen molar-refractivity contribution >= 4 is 0 Å². The van der Waals surface area contributed by atoms with Gasteiger partial charge in [-0.25, -0.2) is 0 Å². The van der Waals surface area contributed by atoms with Gasteiger partial charge < -0.3 is 14.8 Å². The van der Waals surface area contributed by atoms with Gasteiger partial charge in [-0.1, -0.05) is 20.3 Å². The van der Waals surface area contributed by atoms with Crippen LogP contribution in [0, 0.1) is 0 Å². The second kappa shape index (κ2) is 12.9. The third-order valence-electron chi connectivity index (χ3n) is 2.53. The lowest BCUT2D eigenvalue weighted by atomic mass is 10.1. The third-order valence-corrected chi connectivity index (χ3v) is 2.53. The molecule has 0 fully saturated rings. The normalized spacial score (nSPS) is 12.9. The van der Waals surface area contributed by atoms with Crippen LogP contribution in [0.3, 0.4) is 0 Å². The summed E-state index contributed by atoms with van der Waals surface area (Å²) in [5.74, 6) is 0. The van der Waals surface area contributed by atoms with Crippen molar-refractivity contribution in [1.82, 2.24) is 5.32 Å². The Morgan fingerprint density at radius 3 is 2.44 bits per heavy atom. The SMILES string of the molecule is CCCCOCCCC(COC)NCCC. The third kappa shape index (κ3) is 10.4. The molecular formula is C13H29NO2. The van der Waals surface area contributed by atoms with Gasteiger partial charge in [0.15, 0.2) is 0 Å². The maximum atomic E-state index is 5.54. The lowest BCUT2D eigenvalue weighted by molar-refractivity contribution is 0.116. The van der Waals surface area contributed by atoms with Crippen LogP contribution < -0.4 is 5.32 Å². The van der Waals surface area contributed by atoms with E-state index in [1.54, 1.807) is 7.11 Å². The predicted octanol–water partition coefficient (Wildman–Crippen LogP) is 2.60. The first kappa shape index (κ1) is 15.9. The van der Waals surface area contributed by atoms with Gasteiger partial charge in [-0.3, -0.25) is 0 Å². The molecule has 0 heterocycles. The molecule has 1 atom stereocenters. The highest BCUT2D eigenvalue weighted by molar-refractivity contribution is 4.65. The van der Waals surface area contributed by atoms with Gasteiger partial charge in [0.1, 0.15) is 0 Å². The summed E-state index contributed by atoms with van der Waals surface area (Å²) in [4.78, 5) is 0. The summed E-state index contributed by atoms with van der Waals surface area (Å²) < 4.78 is 10.7. The van der Waals surface area contributed by atoms with Crippen LogP contribution in [0.15, 0.2) is 0 Å². The van der Waals surface area contributed by atoms with E-state index < -0.39 is 0 Å². The molecule has 1 unspecified atom stereocenters. The fourth-order valence-electron chi connectivity index (χ4n) is 1.57. The number of rotatable bonds is 12. The molecule has 0 aliphatic rings. The maximum absolute atomic E-state index is 5.54. The molecule has 0 aliphatic carbocycles. The quantitative estimate of drug-likeness (QED) is 0.524. The smallest absolute Gasteiger partial charge is 0.0615 e. The van der Waals surface area contributed by atoms with Crippen molar-refractivity contribution in [2.24, 2.45) is 0 Å². The van der Waals surface area contributed by atoms with E-state index >= 15 is 0 Å². The predicted molar refractivity (Wildman–Crippen MR) is 68.9 cm³/mol. The van der Waals surface area contributed by atoms with E-state index in [2.05, 4.69) is 19.2 Å². The molecule has 0 aromatic carbocycles.